The third-order valence-corrected chi connectivity index (χ3v) is 4.67. The molecule has 1 saturated heterocycles. The summed E-state index contributed by atoms with van der Waals surface area (Å²) >= 11 is 0. The van der Waals surface area contributed by atoms with Gasteiger partial charge in [0.25, 0.3) is 5.91 Å². The van der Waals surface area contributed by atoms with Gasteiger partial charge in [0.15, 0.2) is 0 Å². The fraction of sp³-hybridized carbons (Fsp3) is 0.500. The summed E-state index contributed by atoms with van der Waals surface area (Å²) in [5, 5.41) is 5.52. The van der Waals surface area contributed by atoms with Crippen LogP contribution in [-0.2, 0) is 15.1 Å². The minimum Gasteiger partial charge on any atom is -0.352 e. The number of hydrogen-bond donors (Lipinski definition) is 2. The Morgan fingerprint density at radius 2 is 1.92 bits per heavy atom. The maximum absolute atomic E-state index is 12.8. The number of urea groups is 1. The Labute approximate surface area is 141 Å². The van der Waals surface area contributed by atoms with Crippen LogP contribution in [0.4, 0.5) is 4.79 Å². The molecular formula is C18H23N3O3. The molecule has 4 amide bonds. The van der Waals surface area contributed by atoms with Gasteiger partial charge in [-0.05, 0) is 36.8 Å². The fourth-order valence-electron chi connectivity index (χ4n) is 2.88. The highest BCUT2D eigenvalue weighted by Gasteiger charge is 2.49. The second kappa shape index (κ2) is 5.92. The molecule has 2 N–H and O–H groups in total. The van der Waals surface area contributed by atoms with E-state index >= 15 is 0 Å². The number of carbonyl (C=O) groups is 3. The lowest BCUT2D eigenvalue weighted by Gasteiger charge is -2.22. The average Bonchev–Trinajstić information content (AvgIpc) is 3.32. The zero-order valence-corrected chi connectivity index (χ0v) is 14.3. The van der Waals surface area contributed by atoms with Crippen LogP contribution >= 0.6 is 0 Å². The van der Waals surface area contributed by atoms with Crippen LogP contribution in [-0.4, -0.2) is 35.3 Å². The van der Waals surface area contributed by atoms with Crippen LogP contribution in [0, 0.1) is 0 Å². The Kier molecular flexibility index (Phi) is 4.07. The molecule has 2 fully saturated rings. The Balaban J connectivity index is 1.76. The van der Waals surface area contributed by atoms with Crippen molar-refractivity contribution in [2.75, 3.05) is 6.54 Å². The molecule has 0 spiro atoms. The van der Waals surface area contributed by atoms with Crippen molar-refractivity contribution in [3.05, 3.63) is 35.4 Å². The maximum atomic E-state index is 12.8. The van der Waals surface area contributed by atoms with Gasteiger partial charge >= 0.3 is 6.03 Å². The largest absolute Gasteiger partial charge is 0.352 e. The summed E-state index contributed by atoms with van der Waals surface area (Å²) in [7, 11) is 0. The first kappa shape index (κ1) is 16.5. The first-order chi connectivity index (χ1) is 11.3. The van der Waals surface area contributed by atoms with Crippen molar-refractivity contribution in [3.63, 3.8) is 0 Å². The maximum Gasteiger partial charge on any atom is 0.325 e. The van der Waals surface area contributed by atoms with Gasteiger partial charge in [-0.1, -0.05) is 38.1 Å². The van der Waals surface area contributed by atoms with Crippen LogP contribution in [0.2, 0.25) is 0 Å². The molecule has 6 nitrogen and oxygen atoms in total. The molecule has 1 aliphatic heterocycles. The molecule has 1 aromatic rings. The van der Waals surface area contributed by atoms with Crippen molar-refractivity contribution in [2.45, 2.75) is 51.1 Å². The summed E-state index contributed by atoms with van der Waals surface area (Å²) in [6.45, 7) is 5.64. The van der Waals surface area contributed by atoms with Crippen LogP contribution < -0.4 is 10.6 Å². The Hall–Kier alpha value is -2.37. The van der Waals surface area contributed by atoms with E-state index in [1.54, 1.807) is 6.92 Å². The minimum atomic E-state index is -1.13. The number of amides is 4. The second-order valence-corrected chi connectivity index (χ2v) is 7.06. The molecule has 0 unspecified atom stereocenters. The standard InChI is InChI=1S/C18H23N3O3/c1-11(2)12-4-6-13(7-5-12)18(3)16(23)21(17(24)20-18)10-15(22)19-14-8-9-14/h4-7,11,14H,8-10H2,1-3H3,(H,19,22)(H,20,24)/t18-/m0/s1. The van der Waals surface area contributed by atoms with Crippen molar-refractivity contribution in [1.82, 2.24) is 15.5 Å². The van der Waals surface area contributed by atoms with E-state index in [0.29, 0.717) is 5.92 Å². The van der Waals surface area contributed by atoms with E-state index in [0.717, 1.165) is 23.3 Å². The van der Waals surface area contributed by atoms with Crippen LogP contribution in [0.15, 0.2) is 24.3 Å². The number of rotatable bonds is 5. The fourth-order valence-corrected chi connectivity index (χ4v) is 2.88. The lowest BCUT2D eigenvalue weighted by atomic mass is 9.90. The van der Waals surface area contributed by atoms with E-state index in [4.69, 9.17) is 0 Å². The molecular weight excluding hydrogens is 306 g/mol. The molecule has 1 saturated carbocycles. The molecule has 1 aromatic carbocycles. The first-order valence-electron chi connectivity index (χ1n) is 8.35. The summed E-state index contributed by atoms with van der Waals surface area (Å²) < 4.78 is 0. The highest BCUT2D eigenvalue weighted by atomic mass is 16.2. The van der Waals surface area contributed by atoms with Gasteiger partial charge in [-0.3, -0.25) is 14.5 Å². The van der Waals surface area contributed by atoms with Crippen molar-refractivity contribution in [2.24, 2.45) is 0 Å². The summed E-state index contributed by atoms with van der Waals surface area (Å²) in [5.41, 5.74) is 0.752. The molecule has 6 heteroatoms. The predicted molar refractivity (Wildman–Crippen MR) is 89.3 cm³/mol. The van der Waals surface area contributed by atoms with Gasteiger partial charge in [-0.25, -0.2) is 4.79 Å². The van der Waals surface area contributed by atoms with Gasteiger partial charge < -0.3 is 10.6 Å². The molecule has 2 aliphatic rings. The number of benzene rings is 1. The normalized spacial score (nSPS) is 23.6. The molecule has 3 rings (SSSR count). The topological polar surface area (TPSA) is 78.5 Å². The van der Waals surface area contributed by atoms with Crippen LogP contribution in [0.1, 0.15) is 50.7 Å². The highest BCUT2D eigenvalue weighted by Crippen LogP contribution is 2.30. The van der Waals surface area contributed by atoms with Gasteiger partial charge in [0, 0.05) is 6.04 Å². The van der Waals surface area contributed by atoms with Gasteiger partial charge in [0.05, 0.1) is 0 Å². The van der Waals surface area contributed by atoms with Crippen LogP contribution in [0.25, 0.3) is 0 Å². The molecule has 1 atom stereocenters. The smallest absolute Gasteiger partial charge is 0.325 e. The second-order valence-electron chi connectivity index (χ2n) is 7.06. The monoisotopic (exact) mass is 329 g/mol. The molecule has 0 bridgehead atoms. The van der Waals surface area contributed by atoms with Crippen LogP contribution in [0.3, 0.4) is 0 Å². The predicted octanol–water partition coefficient (Wildman–Crippen LogP) is 1.86. The Morgan fingerprint density at radius 3 is 2.46 bits per heavy atom. The molecule has 128 valence electrons. The summed E-state index contributed by atoms with van der Waals surface area (Å²) in [5.74, 6) is -0.292. The number of hydrogen-bond acceptors (Lipinski definition) is 3. The van der Waals surface area contributed by atoms with Crippen molar-refractivity contribution < 1.29 is 14.4 Å². The van der Waals surface area contributed by atoms with E-state index in [-0.39, 0.29) is 18.5 Å². The molecule has 24 heavy (non-hydrogen) atoms. The van der Waals surface area contributed by atoms with E-state index < -0.39 is 17.5 Å². The van der Waals surface area contributed by atoms with Gasteiger partial charge in [0.1, 0.15) is 12.1 Å². The molecule has 1 aliphatic carbocycles. The van der Waals surface area contributed by atoms with Gasteiger partial charge in [0.2, 0.25) is 5.91 Å². The number of nitrogens with zero attached hydrogens (tertiary/aromatic N) is 1. The van der Waals surface area contributed by atoms with Crippen molar-refractivity contribution >= 4 is 17.8 Å². The molecule has 0 radical (unpaired) electrons. The Morgan fingerprint density at radius 1 is 1.29 bits per heavy atom. The zero-order chi connectivity index (χ0) is 17.5. The average molecular weight is 329 g/mol. The first-order valence-corrected chi connectivity index (χ1v) is 8.35. The SMILES string of the molecule is CC(C)c1ccc([C@]2(C)NC(=O)N(CC(=O)NC3CC3)C2=O)cc1. The van der Waals surface area contributed by atoms with E-state index in [1.807, 2.05) is 24.3 Å². The minimum absolute atomic E-state index is 0.202. The summed E-state index contributed by atoms with van der Waals surface area (Å²) in [6, 6.07) is 7.33. The van der Waals surface area contributed by atoms with E-state index in [9.17, 15) is 14.4 Å². The third-order valence-electron chi connectivity index (χ3n) is 4.67. The van der Waals surface area contributed by atoms with Gasteiger partial charge in [-0.15, -0.1) is 0 Å². The summed E-state index contributed by atoms with van der Waals surface area (Å²) in [4.78, 5) is 37.9. The highest BCUT2D eigenvalue weighted by molar-refractivity contribution is 6.09. The van der Waals surface area contributed by atoms with Crippen molar-refractivity contribution in [3.8, 4) is 0 Å². The lowest BCUT2D eigenvalue weighted by Crippen LogP contribution is -2.43. The zero-order valence-electron chi connectivity index (χ0n) is 14.3. The van der Waals surface area contributed by atoms with Gasteiger partial charge in [-0.2, -0.15) is 0 Å². The van der Waals surface area contributed by atoms with E-state index in [2.05, 4.69) is 24.5 Å². The number of carbonyl (C=O) groups excluding carboxylic acids is 3. The molecule has 0 aromatic heterocycles. The summed E-state index contributed by atoms with van der Waals surface area (Å²) in [6.07, 6.45) is 1.93. The Bertz CT molecular complexity index is 679. The number of nitrogens with one attached hydrogen (secondary N) is 2. The third kappa shape index (κ3) is 3.00. The number of imide groups is 1. The van der Waals surface area contributed by atoms with E-state index in [1.165, 1.54) is 5.56 Å². The quantitative estimate of drug-likeness (QED) is 0.809. The lowest BCUT2D eigenvalue weighted by molar-refractivity contribution is -0.134. The van der Waals surface area contributed by atoms with Crippen molar-refractivity contribution in [1.29, 1.82) is 0 Å². The van der Waals surface area contributed by atoms with Crippen LogP contribution in [0.5, 0.6) is 0 Å². The molecule has 1 heterocycles.